The number of H-pyrrole nitrogens is 1. The largest absolute Gasteiger partial charge is 0.364 e. The standard InChI is InChI=1S/C20H29N5O/c1-13-9-17-16(21-19(13)22-18(26)11-20(3,4)5)7-6-8-25(17)12-15-10-14(2)23-24-15/h9-10H,6-8,11-12H2,1-5H3,(H,23,24)(H,21,22,26). The van der Waals surface area contributed by atoms with Gasteiger partial charge in [-0.2, -0.15) is 5.10 Å². The van der Waals surface area contributed by atoms with Gasteiger partial charge in [-0.05, 0) is 49.8 Å². The van der Waals surface area contributed by atoms with Crippen molar-refractivity contribution in [3.05, 3.63) is 34.8 Å². The van der Waals surface area contributed by atoms with Crippen molar-refractivity contribution in [3.8, 4) is 0 Å². The van der Waals surface area contributed by atoms with Crippen LogP contribution in [0.15, 0.2) is 12.1 Å². The van der Waals surface area contributed by atoms with E-state index in [0.29, 0.717) is 12.2 Å². The lowest BCUT2D eigenvalue weighted by Gasteiger charge is -2.31. The van der Waals surface area contributed by atoms with Crippen molar-refractivity contribution in [2.24, 2.45) is 5.41 Å². The number of aryl methyl sites for hydroxylation is 3. The zero-order valence-electron chi connectivity index (χ0n) is 16.4. The smallest absolute Gasteiger partial charge is 0.226 e. The van der Waals surface area contributed by atoms with E-state index in [-0.39, 0.29) is 11.3 Å². The molecule has 0 atom stereocenters. The fraction of sp³-hybridized carbons (Fsp3) is 0.550. The molecule has 0 spiro atoms. The lowest BCUT2D eigenvalue weighted by molar-refractivity contribution is -0.117. The Bertz CT molecular complexity index is 803. The summed E-state index contributed by atoms with van der Waals surface area (Å²) >= 11 is 0. The van der Waals surface area contributed by atoms with Crippen molar-refractivity contribution in [1.82, 2.24) is 15.2 Å². The number of nitrogens with zero attached hydrogens (tertiary/aromatic N) is 3. The molecule has 26 heavy (non-hydrogen) atoms. The van der Waals surface area contributed by atoms with Gasteiger partial charge in [0.25, 0.3) is 0 Å². The molecule has 0 saturated heterocycles. The predicted octanol–water partition coefficient (Wildman–Crippen LogP) is 3.75. The van der Waals surface area contributed by atoms with Gasteiger partial charge >= 0.3 is 0 Å². The topological polar surface area (TPSA) is 73.9 Å². The normalized spacial score (nSPS) is 14.3. The first-order valence-corrected chi connectivity index (χ1v) is 9.27. The Hall–Kier alpha value is -2.37. The Kier molecular flexibility index (Phi) is 5.03. The van der Waals surface area contributed by atoms with Gasteiger partial charge in [0.05, 0.1) is 23.6 Å². The van der Waals surface area contributed by atoms with E-state index in [9.17, 15) is 4.79 Å². The summed E-state index contributed by atoms with van der Waals surface area (Å²) in [5, 5.41) is 10.4. The number of hydrogen-bond acceptors (Lipinski definition) is 4. The first-order valence-electron chi connectivity index (χ1n) is 9.27. The maximum atomic E-state index is 12.3. The SMILES string of the molecule is Cc1cc(CN2CCCc3nc(NC(=O)CC(C)(C)C)c(C)cc32)n[nH]1. The molecule has 0 saturated carbocycles. The third-order valence-electron chi connectivity index (χ3n) is 4.51. The summed E-state index contributed by atoms with van der Waals surface area (Å²) in [5.74, 6) is 0.711. The van der Waals surface area contributed by atoms with Gasteiger partial charge in [-0.25, -0.2) is 4.98 Å². The lowest BCUT2D eigenvalue weighted by Crippen LogP contribution is -2.30. The van der Waals surface area contributed by atoms with Crippen molar-refractivity contribution in [3.63, 3.8) is 0 Å². The van der Waals surface area contributed by atoms with Crippen LogP contribution in [0.5, 0.6) is 0 Å². The predicted molar refractivity (Wildman–Crippen MR) is 104 cm³/mol. The van der Waals surface area contributed by atoms with Crippen LogP contribution in [-0.2, 0) is 17.8 Å². The van der Waals surface area contributed by atoms with Gasteiger partial charge in [-0.3, -0.25) is 9.89 Å². The molecule has 2 aromatic heterocycles. The van der Waals surface area contributed by atoms with E-state index in [0.717, 1.165) is 54.3 Å². The lowest BCUT2D eigenvalue weighted by atomic mass is 9.92. The van der Waals surface area contributed by atoms with Crippen LogP contribution in [0.2, 0.25) is 0 Å². The Morgan fingerprint density at radius 3 is 2.73 bits per heavy atom. The molecule has 6 heteroatoms. The monoisotopic (exact) mass is 355 g/mol. The molecule has 0 unspecified atom stereocenters. The molecule has 0 fully saturated rings. The summed E-state index contributed by atoms with van der Waals surface area (Å²) in [6, 6.07) is 4.23. The number of anilines is 2. The fourth-order valence-corrected chi connectivity index (χ4v) is 3.35. The number of hydrogen-bond donors (Lipinski definition) is 2. The van der Waals surface area contributed by atoms with Gasteiger partial charge in [-0.15, -0.1) is 0 Å². The van der Waals surface area contributed by atoms with E-state index in [1.54, 1.807) is 0 Å². The summed E-state index contributed by atoms with van der Waals surface area (Å²) < 4.78 is 0. The van der Waals surface area contributed by atoms with Gasteiger partial charge < -0.3 is 10.2 Å². The van der Waals surface area contributed by atoms with Crippen molar-refractivity contribution in [2.45, 2.75) is 60.4 Å². The van der Waals surface area contributed by atoms with Gasteiger partial charge in [-0.1, -0.05) is 20.8 Å². The first kappa shape index (κ1) is 18.4. The number of amides is 1. The number of aromatic amines is 1. The molecule has 0 radical (unpaired) electrons. The van der Waals surface area contributed by atoms with Crippen LogP contribution in [0.1, 0.15) is 56.3 Å². The average Bonchev–Trinajstić information content (AvgIpc) is 2.92. The van der Waals surface area contributed by atoms with Crippen LogP contribution < -0.4 is 10.2 Å². The van der Waals surface area contributed by atoms with E-state index in [2.05, 4.69) is 53.3 Å². The fourth-order valence-electron chi connectivity index (χ4n) is 3.35. The highest BCUT2D eigenvalue weighted by molar-refractivity contribution is 5.91. The molecule has 2 aromatic rings. The second-order valence-electron chi connectivity index (χ2n) is 8.47. The Balaban J connectivity index is 1.79. The van der Waals surface area contributed by atoms with Crippen LogP contribution >= 0.6 is 0 Å². The van der Waals surface area contributed by atoms with Crippen molar-refractivity contribution >= 4 is 17.4 Å². The Morgan fingerprint density at radius 2 is 2.08 bits per heavy atom. The molecule has 0 aromatic carbocycles. The number of carbonyl (C=O) groups is 1. The number of carbonyl (C=O) groups excluding carboxylic acids is 1. The highest BCUT2D eigenvalue weighted by Crippen LogP contribution is 2.31. The average molecular weight is 355 g/mol. The summed E-state index contributed by atoms with van der Waals surface area (Å²) in [5.41, 5.74) is 5.28. The quantitative estimate of drug-likeness (QED) is 0.876. The molecule has 1 amide bonds. The van der Waals surface area contributed by atoms with E-state index in [1.165, 1.54) is 0 Å². The second-order valence-corrected chi connectivity index (χ2v) is 8.47. The Morgan fingerprint density at radius 1 is 1.31 bits per heavy atom. The minimum Gasteiger partial charge on any atom is -0.364 e. The van der Waals surface area contributed by atoms with Crippen LogP contribution in [-0.4, -0.2) is 27.6 Å². The summed E-state index contributed by atoms with van der Waals surface area (Å²) in [6.07, 6.45) is 2.48. The number of aromatic nitrogens is 3. The zero-order valence-corrected chi connectivity index (χ0v) is 16.4. The van der Waals surface area contributed by atoms with E-state index in [4.69, 9.17) is 4.98 Å². The first-order chi connectivity index (χ1) is 12.2. The van der Waals surface area contributed by atoms with Gasteiger partial charge in [0.15, 0.2) is 0 Å². The molecule has 6 nitrogen and oxygen atoms in total. The Labute approximate surface area is 155 Å². The minimum atomic E-state index is -0.0370. The van der Waals surface area contributed by atoms with E-state index >= 15 is 0 Å². The summed E-state index contributed by atoms with van der Waals surface area (Å²) in [6.45, 7) is 12.0. The highest BCUT2D eigenvalue weighted by atomic mass is 16.1. The molecule has 0 aliphatic carbocycles. The molecule has 1 aliphatic heterocycles. The molecule has 3 heterocycles. The molecule has 3 rings (SSSR count). The van der Waals surface area contributed by atoms with Crippen molar-refractivity contribution in [1.29, 1.82) is 0 Å². The molecular weight excluding hydrogens is 326 g/mol. The molecule has 0 bridgehead atoms. The molecule has 140 valence electrons. The zero-order chi connectivity index (χ0) is 18.9. The molecule has 1 aliphatic rings. The van der Waals surface area contributed by atoms with Gasteiger partial charge in [0, 0.05) is 18.7 Å². The number of nitrogens with one attached hydrogen (secondary N) is 2. The third-order valence-corrected chi connectivity index (χ3v) is 4.51. The van der Waals surface area contributed by atoms with Crippen LogP contribution in [0, 0.1) is 19.3 Å². The minimum absolute atomic E-state index is 0.0210. The third kappa shape index (κ3) is 4.42. The van der Waals surface area contributed by atoms with Crippen LogP contribution in [0.25, 0.3) is 0 Å². The van der Waals surface area contributed by atoms with Gasteiger partial charge in [0.2, 0.25) is 5.91 Å². The van der Waals surface area contributed by atoms with E-state index < -0.39 is 0 Å². The molecule has 2 N–H and O–H groups in total. The van der Waals surface area contributed by atoms with Crippen LogP contribution in [0.3, 0.4) is 0 Å². The van der Waals surface area contributed by atoms with Crippen molar-refractivity contribution < 1.29 is 4.79 Å². The molecular formula is C20H29N5O. The van der Waals surface area contributed by atoms with E-state index in [1.807, 2.05) is 13.8 Å². The maximum absolute atomic E-state index is 12.3. The summed E-state index contributed by atoms with van der Waals surface area (Å²) in [7, 11) is 0. The van der Waals surface area contributed by atoms with Crippen LogP contribution in [0.4, 0.5) is 11.5 Å². The van der Waals surface area contributed by atoms with Crippen molar-refractivity contribution in [2.75, 3.05) is 16.8 Å². The number of rotatable bonds is 4. The number of pyridine rings is 1. The maximum Gasteiger partial charge on any atom is 0.226 e. The number of fused-ring (bicyclic) bond motifs is 1. The summed E-state index contributed by atoms with van der Waals surface area (Å²) in [4.78, 5) is 19.4. The highest BCUT2D eigenvalue weighted by Gasteiger charge is 2.22. The van der Waals surface area contributed by atoms with Gasteiger partial charge in [0.1, 0.15) is 5.82 Å². The second kappa shape index (κ2) is 7.09.